The van der Waals surface area contributed by atoms with Gasteiger partial charge in [0.2, 0.25) is 5.91 Å². The van der Waals surface area contributed by atoms with Crippen LogP contribution in [0.4, 0.5) is 13.9 Å². The molecule has 0 aliphatic rings. The second kappa shape index (κ2) is 7.47. The first kappa shape index (κ1) is 17.3. The van der Waals surface area contributed by atoms with Gasteiger partial charge in [-0.25, -0.2) is 4.98 Å². The summed E-state index contributed by atoms with van der Waals surface area (Å²) >= 11 is 1.34. The number of rotatable bonds is 6. The molecule has 3 N–H and O–H groups in total. The number of amides is 1. The van der Waals surface area contributed by atoms with Crippen molar-refractivity contribution in [3.05, 3.63) is 29.1 Å². The fourth-order valence-electron chi connectivity index (χ4n) is 1.97. The van der Waals surface area contributed by atoms with Crippen LogP contribution >= 0.6 is 11.3 Å². The zero-order valence-corrected chi connectivity index (χ0v) is 13.5. The molecule has 2 aromatic rings. The van der Waals surface area contributed by atoms with Crippen molar-refractivity contribution in [3.63, 3.8) is 0 Å². The third-order valence-corrected chi connectivity index (χ3v) is 3.79. The SMILES string of the molecule is Cc1sc(NC(=O)CC(C)N)nc1-c1ccc(OC(F)F)cc1. The van der Waals surface area contributed by atoms with E-state index in [9.17, 15) is 13.6 Å². The standard InChI is InChI=1S/C15H17F2N3O2S/c1-8(18)7-12(21)19-15-20-13(9(2)23-15)10-3-5-11(6-4-10)22-14(16)17/h3-6,8,14H,7,18H2,1-2H3,(H,19,20,21). The molecule has 1 heterocycles. The highest BCUT2D eigenvalue weighted by Gasteiger charge is 2.13. The Morgan fingerprint density at radius 1 is 1.39 bits per heavy atom. The zero-order chi connectivity index (χ0) is 17.0. The first-order valence-corrected chi connectivity index (χ1v) is 7.75. The number of aryl methyl sites for hydroxylation is 1. The number of nitrogens with zero attached hydrogens (tertiary/aromatic N) is 1. The number of hydrogen-bond donors (Lipinski definition) is 2. The van der Waals surface area contributed by atoms with Crippen LogP contribution < -0.4 is 15.8 Å². The Morgan fingerprint density at radius 2 is 2.04 bits per heavy atom. The van der Waals surface area contributed by atoms with Gasteiger partial charge in [0.25, 0.3) is 0 Å². The van der Waals surface area contributed by atoms with Crippen LogP contribution in [0.3, 0.4) is 0 Å². The molecule has 1 atom stereocenters. The molecule has 1 amide bonds. The molecule has 0 aliphatic heterocycles. The van der Waals surface area contributed by atoms with E-state index >= 15 is 0 Å². The van der Waals surface area contributed by atoms with E-state index in [1.54, 1.807) is 19.1 Å². The van der Waals surface area contributed by atoms with Crippen molar-refractivity contribution in [3.8, 4) is 17.0 Å². The van der Waals surface area contributed by atoms with Crippen LogP contribution in [0, 0.1) is 6.92 Å². The summed E-state index contributed by atoms with van der Waals surface area (Å²) in [6.07, 6.45) is 0.216. The lowest BCUT2D eigenvalue weighted by atomic mass is 10.1. The number of aromatic nitrogens is 1. The van der Waals surface area contributed by atoms with E-state index in [2.05, 4.69) is 15.0 Å². The van der Waals surface area contributed by atoms with Gasteiger partial charge in [-0.3, -0.25) is 4.79 Å². The first-order chi connectivity index (χ1) is 10.8. The van der Waals surface area contributed by atoms with Crippen LogP contribution in [0.5, 0.6) is 5.75 Å². The number of ether oxygens (including phenoxy) is 1. The maximum atomic E-state index is 12.1. The number of nitrogens with one attached hydrogen (secondary N) is 1. The summed E-state index contributed by atoms with van der Waals surface area (Å²) in [6.45, 7) is 0.771. The Labute approximate surface area is 136 Å². The number of anilines is 1. The number of nitrogens with two attached hydrogens (primary N) is 1. The van der Waals surface area contributed by atoms with E-state index in [0.29, 0.717) is 10.8 Å². The molecule has 0 fully saturated rings. The number of carbonyl (C=O) groups excluding carboxylic acids is 1. The average Bonchev–Trinajstić information content (AvgIpc) is 2.78. The van der Waals surface area contributed by atoms with Crippen LogP contribution in [-0.4, -0.2) is 23.5 Å². The van der Waals surface area contributed by atoms with E-state index in [0.717, 1.165) is 10.4 Å². The highest BCUT2D eigenvalue weighted by molar-refractivity contribution is 7.16. The van der Waals surface area contributed by atoms with Crippen LogP contribution in [0.1, 0.15) is 18.2 Å². The smallest absolute Gasteiger partial charge is 0.387 e. The lowest BCUT2D eigenvalue weighted by molar-refractivity contribution is -0.116. The number of carbonyl (C=O) groups is 1. The van der Waals surface area contributed by atoms with Gasteiger partial charge >= 0.3 is 6.61 Å². The molecular formula is C15H17F2N3O2S. The highest BCUT2D eigenvalue weighted by Crippen LogP contribution is 2.31. The second-order valence-corrected chi connectivity index (χ2v) is 6.26. The summed E-state index contributed by atoms with van der Waals surface area (Å²) in [5, 5.41) is 3.19. The number of benzene rings is 1. The van der Waals surface area contributed by atoms with Crippen molar-refractivity contribution in [2.24, 2.45) is 5.73 Å². The van der Waals surface area contributed by atoms with Gasteiger partial charge in [-0.2, -0.15) is 8.78 Å². The van der Waals surface area contributed by atoms with Crippen molar-refractivity contribution in [1.29, 1.82) is 0 Å². The van der Waals surface area contributed by atoms with E-state index in [1.165, 1.54) is 23.5 Å². The van der Waals surface area contributed by atoms with Gasteiger partial charge in [0, 0.05) is 22.9 Å². The largest absolute Gasteiger partial charge is 0.435 e. The molecule has 124 valence electrons. The monoisotopic (exact) mass is 341 g/mol. The van der Waals surface area contributed by atoms with Crippen molar-refractivity contribution in [2.75, 3.05) is 5.32 Å². The second-order valence-electron chi connectivity index (χ2n) is 5.06. The molecule has 0 saturated heterocycles. The van der Waals surface area contributed by atoms with Gasteiger partial charge in [-0.15, -0.1) is 11.3 Å². The Morgan fingerprint density at radius 3 is 2.61 bits per heavy atom. The van der Waals surface area contributed by atoms with Crippen LogP contribution in [0.25, 0.3) is 11.3 Å². The summed E-state index contributed by atoms with van der Waals surface area (Å²) in [5.41, 5.74) is 7.03. The lowest BCUT2D eigenvalue weighted by Crippen LogP contribution is -2.23. The minimum absolute atomic E-state index is 0.0853. The molecule has 8 heteroatoms. The molecule has 1 aromatic carbocycles. The molecule has 0 saturated carbocycles. The predicted octanol–water partition coefficient (Wildman–Crippen LogP) is 3.40. The van der Waals surface area contributed by atoms with Gasteiger partial charge in [-0.05, 0) is 38.1 Å². The van der Waals surface area contributed by atoms with Crippen molar-refractivity contribution in [1.82, 2.24) is 4.98 Å². The van der Waals surface area contributed by atoms with Crippen molar-refractivity contribution >= 4 is 22.4 Å². The fourth-order valence-corrected chi connectivity index (χ4v) is 2.83. The lowest BCUT2D eigenvalue weighted by Gasteiger charge is -2.05. The van der Waals surface area contributed by atoms with Gasteiger partial charge in [0.15, 0.2) is 5.13 Å². The van der Waals surface area contributed by atoms with E-state index < -0.39 is 6.61 Å². The van der Waals surface area contributed by atoms with Gasteiger partial charge in [0.05, 0.1) is 5.69 Å². The molecule has 5 nitrogen and oxygen atoms in total. The minimum Gasteiger partial charge on any atom is -0.435 e. The average molecular weight is 341 g/mol. The Bertz CT molecular complexity index is 672. The van der Waals surface area contributed by atoms with E-state index in [1.807, 2.05) is 6.92 Å². The normalized spacial score (nSPS) is 12.3. The number of hydrogen-bond acceptors (Lipinski definition) is 5. The molecule has 0 spiro atoms. The fraction of sp³-hybridized carbons (Fsp3) is 0.333. The van der Waals surface area contributed by atoms with Gasteiger partial charge < -0.3 is 15.8 Å². The topological polar surface area (TPSA) is 77.2 Å². The first-order valence-electron chi connectivity index (χ1n) is 6.93. The Kier molecular flexibility index (Phi) is 5.62. The zero-order valence-electron chi connectivity index (χ0n) is 12.7. The van der Waals surface area contributed by atoms with Crippen LogP contribution in [-0.2, 0) is 4.79 Å². The van der Waals surface area contributed by atoms with Gasteiger partial charge in [0.1, 0.15) is 5.75 Å². The highest BCUT2D eigenvalue weighted by atomic mass is 32.1. The summed E-state index contributed by atoms with van der Waals surface area (Å²) in [6, 6.07) is 5.97. The summed E-state index contributed by atoms with van der Waals surface area (Å²) in [4.78, 5) is 17.0. The molecule has 0 aliphatic carbocycles. The molecule has 23 heavy (non-hydrogen) atoms. The number of alkyl halides is 2. The maximum Gasteiger partial charge on any atom is 0.387 e. The third kappa shape index (κ3) is 4.97. The van der Waals surface area contributed by atoms with Crippen LogP contribution in [0.15, 0.2) is 24.3 Å². The quantitative estimate of drug-likeness (QED) is 0.844. The summed E-state index contributed by atoms with van der Waals surface area (Å²) in [5.74, 6) is -0.108. The third-order valence-electron chi connectivity index (χ3n) is 2.90. The molecule has 1 aromatic heterocycles. The maximum absolute atomic E-state index is 12.1. The molecule has 2 rings (SSSR count). The molecule has 0 radical (unpaired) electrons. The predicted molar refractivity (Wildman–Crippen MR) is 85.8 cm³/mol. The molecule has 0 bridgehead atoms. The molecular weight excluding hydrogens is 324 g/mol. The Hall–Kier alpha value is -2.06. The van der Waals surface area contributed by atoms with E-state index in [4.69, 9.17) is 5.73 Å². The number of halogens is 2. The van der Waals surface area contributed by atoms with E-state index in [-0.39, 0.29) is 24.1 Å². The van der Waals surface area contributed by atoms with Gasteiger partial charge in [-0.1, -0.05) is 0 Å². The van der Waals surface area contributed by atoms with Crippen molar-refractivity contribution in [2.45, 2.75) is 32.9 Å². The Balaban J connectivity index is 2.13. The summed E-state index contributed by atoms with van der Waals surface area (Å²) in [7, 11) is 0. The molecule has 1 unspecified atom stereocenters. The van der Waals surface area contributed by atoms with Crippen molar-refractivity contribution < 1.29 is 18.3 Å². The number of thiazole rings is 1. The van der Waals surface area contributed by atoms with Crippen LogP contribution in [0.2, 0.25) is 0 Å². The minimum atomic E-state index is -2.85. The summed E-state index contributed by atoms with van der Waals surface area (Å²) < 4.78 is 28.6.